The lowest BCUT2D eigenvalue weighted by atomic mass is 9.84. The van der Waals surface area contributed by atoms with Crippen molar-refractivity contribution in [2.75, 3.05) is 0 Å². The molecular weight excluding hydrogens is 577 g/mol. The number of hydrogen-bond acceptors (Lipinski definition) is 2. The summed E-state index contributed by atoms with van der Waals surface area (Å²) in [5.74, 6) is 0. The molecular formula is C44H26OS. The van der Waals surface area contributed by atoms with Crippen molar-refractivity contribution in [1.82, 2.24) is 0 Å². The molecule has 0 unspecified atom stereocenters. The molecule has 0 saturated heterocycles. The Bertz CT molecular complexity index is 2740. The molecule has 10 aromatic rings. The second kappa shape index (κ2) is 9.90. The predicted octanol–water partition coefficient (Wildman–Crippen LogP) is 13.3. The molecule has 0 aliphatic rings. The summed E-state index contributed by atoms with van der Waals surface area (Å²) < 4.78 is 7.80. The molecule has 8 aromatic carbocycles. The van der Waals surface area contributed by atoms with E-state index in [0.29, 0.717) is 0 Å². The number of para-hydroxylation sites is 1. The topological polar surface area (TPSA) is 13.1 Å². The maximum atomic E-state index is 6.61. The predicted molar refractivity (Wildman–Crippen MR) is 198 cm³/mol. The molecule has 10 rings (SSSR count). The van der Waals surface area contributed by atoms with Crippen LogP contribution >= 0.6 is 11.3 Å². The second-order valence-corrected chi connectivity index (χ2v) is 13.0. The summed E-state index contributed by atoms with van der Waals surface area (Å²) in [5, 5.41) is 11.1. The molecule has 0 N–H and O–H groups in total. The first kappa shape index (κ1) is 25.6. The number of benzene rings is 8. The first-order valence-corrected chi connectivity index (χ1v) is 16.5. The van der Waals surface area contributed by atoms with Crippen LogP contribution in [0.2, 0.25) is 0 Å². The van der Waals surface area contributed by atoms with Crippen LogP contribution < -0.4 is 0 Å². The first-order chi connectivity index (χ1) is 22.8. The van der Waals surface area contributed by atoms with Gasteiger partial charge in [0.25, 0.3) is 0 Å². The lowest BCUT2D eigenvalue weighted by Crippen LogP contribution is -1.92. The number of furan rings is 1. The Morgan fingerprint density at radius 1 is 0.391 bits per heavy atom. The summed E-state index contributed by atoms with van der Waals surface area (Å²) in [7, 11) is 0. The summed E-state index contributed by atoms with van der Waals surface area (Å²) in [4.78, 5) is 1.24. The average molecular weight is 603 g/mol. The largest absolute Gasteiger partial charge is 0.455 e. The zero-order valence-corrected chi connectivity index (χ0v) is 25.6. The highest BCUT2D eigenvalue weighted by Crippen LogP contribution is 2.50. The smallest absolute Gasteiger partial charge is 0.153 e. The summed E-state index contributed by atoms with van der Waals surface area (Å²) in [5.41, 5.74) is 8.17. The van der Waals surface area contributed by atoms with Gasteiger partial charge in [0.05, 0.1) is 4.70 Å². The van der Waals surface area contributed by atoms with Crippen LogP contribution in [0.25, 0.3) is 97.0 Å². The van der Waals surface area contributed by atoms with Crippen molar-refractivity contribution >= 4 is 75.7 Å². The van der Waals surface area contributed by atoms with Crippen LogP contribution in [0.4, 0.5) is 0 Å². The molecule has 0 fully saturated rings. The highest BCUT2D eigenvalue weighted by Gasteiger charge is 2.23. The van der Waals surface area contributed by atoms with Crippen molar-refractivity contribution in [3.63, 3.8) is 0 Å². The van der Waals surface area contributed by atoms with Crippen molar-refractivity contribution in [1.29, 1.82) is 0 Å². The van der Waals surface area contributed by atoms with Gasteiger partial charge in [0.2, 0.25) is 0 Å². The zero-order valence-electron chi connectivity index (χ0n) is 24.8. The molecule has 214 valence electrons. The van der Waals surface area contributed by atoms with Gasteiger partial charge in [-0.05, 0) is 78.3 Å². The Morgan fingerprint density at radius 3 is 1.67 bits per heavy atom. The third-order valence-electron chi connectivity index (χ3n) is 9.47. The molecule has 46 heavy (non-hydrogen) atoms. The van der Waals surface area contributed by atoms with Crippen molar-refractivity contribution in [3.05, 3.63) is 158 Å². The maximum Gasteiger partial charge on any atom is 0.153 e. The molecule has 1 nitrogen and oxygen atoms in total. The minimum Gasteiger partial charge on any atom is -0.455 e. The molecule has 2 heteroatoms. The number of thiophene rings is 1. The first-order valence-electron chi connectivity index (χ1n) is 15.7. The van der Waals surface area contributed by atoms with Crippen molar-refractivity contribution < 1.29 is 4.42 Å². The third kappa shape index (κ3) is 3.68. The van der Waals surface area contributed by atoms with Gasteiger partial charge in [-0.15, -0.1) is 11.3 Å². The van der Waals surface area contributed by atoms with Gasteiger partial charge >= 0.3 is 0 Å². The fourth-order valence-electron chi connectivity index (χ4n) is 7.46. The lowest BCUT2D eigenvalue weighted by molar-refractivity contribution is 0.673. The average Bonchev–Trinajstić information content (AvgIpc) is 3.73. The highest BCUT2D eigenvalue weighted by atomic mass is 32.1. The molecule has 0 bridgehead atoms. The SMILES string of the molecule is c1ccc(-c2cc3c(-c4c5ccccc5c(-c5cccc6ccccc56)c5ccccc45)cc4c5ccccc5oc4c3s2)cc1. The van der Waals surface area contributed by atoms with Gasteiger partial charge < -0.3 is 4.42 Å². The highest BCUT2D eigenvalue weighted by molar-refractivity contribution is 7.23. The van der Waals surface area contributed by atoms with Crippen molar-refractivity contribution in [2.24, 2.45) is 0 Å². The summed E-state index contributed by atoms with van der Waals surface area (Å²) in [6.45, 7) is 0. The Morgan fingerprint density at radius 2 is 0.957 bits per heavy atom. The van der Waals surface area contributed by atoms with E-state index >= 15 is 0 Å². The monoisotopic (exact) mass is 602 g/mol. The van der Waals surface area contributed by atoms with Crippen LogP contribution in [0.3, 0.4) is 0 Å². The minimum atomic E-state index is 0.923. The van der Waals surface area contributed by atoms with Gasteiger partial charge in [0.15, 0.2) is 5.58 Å². The van der Waals surface area contributed by atoms with Crippen LogP contribution in [0.5, 0.6) is 0 Å². The zero-order chi connectivity index (χ0) is 30.2. The molecule has 0 aliphatic heterocycles. The molecule has 0 saturated carbocycles. The van der Waals surface area contributed by atoms with Gasteiger partial charge in [-0.3, -0.25) is 0 Å². The van der Waals surface area contributed by atoms with Crippen LogP contribution in [-0.2, 0) is 0 Å². The van der Waals surface area contributed by atoms with Gasteiger partial charge in [0, 0.05) is 21.0 Å². The van der Waals surface area contributed by atoms with Crippen LogP contribution in [-0.4, -0.2) is 0 Å². The normalized spacial score (nSPS) is 11.9. The van der Waals surface area contributed by atoms with E-state index in [0.717, 1.165) is 21.9 Å². The molecule has 2 aromatic heterocycles. The summed E-state index contributed by atoms with van der Waals surface area (Å²) in [6.07, 6.45) is 0. The third-order valence-corrected chi connectivity index (χ3v) is 10.7. The number of fused-ring (bicyclic) bond motifs is 8. The van der Waals surface area contributed by atoms with E-state index in [1.807, 2.05) is 11.3 Å². The Balaban J connectivity index is 1.39. The Hall–Kier alpha value is -5.70. The van der Waals surface area contributed by atoms with E-state index in [1.165, 1.54) is 75.1 Å². The van der Waals surface area contributed by atoms with Crippen LogP contribution in [0, 0.1) is 0 Å². The number of rotatable bonds is 3. The summed E-state index contributed by atoms with van der Waals surface area (Å²) >= 11 is 1.82. The molecule has 0 spiro atoms. The van der Waals surface area contributed by atoms with Crippen molar-refractivity contribution in [2.45, 2.75) is 0 Å². The number of hydrogen-bond donors (Lipinski definition) is 0. The van der Waals surface area contributed by atoms with E-state index in [9.17, 15) is 0 Å². The minimum absolute atomic E-state index is 0.923. The fraction of sp³-hybridized carbons (Fsp3) is 0. The van der Waals surface area contributed by atoms with E-state index in [2.05, 4.69) is 158 Å². The molecule has 2 heterocycles. The quantitative estimate of drug-likeness (QED) is 0.183. The molecule has 0 amide bonds. The van der Waals surface area contributed by atoms with Gasteiger partial charge in [-0.25, -0.2) is 0 Å². The Kier molecular flexibility index (Phi) is 5.51. The maximum absolute atomic E-state index is 6.61. The van der Waals surface area contributed by atoms with Gasteiger partial charge in [-0.1, -0.05) is 140 Å². The van der Waals surface area contributed by atoms with Gasteiger partial charge in [0.1, 0.15) is 5.58 Å². The van der Waals surface area contributed by atoms with E-state index in [-0.39, 0.29) is 0 Å². The van der Waals surface area contributed by atoms with Crippen LogP contribution in [0.1, 0.15) is 0 Å². The lowest BCUT2D eigenvalue weighted by Gasteiger charge is -2.19. The van der Waals surface area contributed by atoms with Crippen LogP contribution in [0.15, 0.2) is 162 Å². The molecule has 0 aliphatic carbocycles. The van der Waals surface area contributed by atoms with E-state index in [4.69, 9.17) is 4.42 Å². The fourth-order valence-corrected chi connectivity index (χ4v) is 8.64. The van der Waals surface area contributed by atoms with E-state index < -0.39 is 0 Å². The van der Waals surface area contributed by atoms with Gasteiger partial charge in [-0.2, -0.15) is 0 Å². The summed E-state index contributed by atoms with van der Waals surface area (Å²) in [6, 6.07) is 57.2. The molecule has 0 radical (unpaired) electrons. The Labute approximate surface area is 269 Å². The van der Waals surface area contributed by atoms with Crippen molar-refractivity contribution in [3.8, 4) is 32.7 Å². The standard InChI is InChI=1S/C44H26OS/c1-2-14-28(15-3-1)40-26-38-36(25-37-30-18-10-11-24-39(30)45-43(37)44(38)46-40)42-34-21-8-6-19-32(34)41(33-20-7-9-22-35(33)42)31-23-12-16-27-13-4-5-17-29(27)31/h1-26H. The van der Waals surface area contributed by atoms with E-state index in [1.54, 1.807) is 0 Å². The molecule has 0 atom stereocenters. The second-order valence-electron chi connectivity index (χ2n) is 12.0.